The average Bonchev–Trinajstić information content (AvgIpc) is 3.26. The van der Waals surface area contributed by atoms with E-state index in [2.05, 4.69) is 10.1 Å². The smallest absolute Gasteiger partial charge is 0.283 e. The topological polar surface area (TPSA) is 117 Å². The van der Waals surface area contributed by atoms with Gasteiger partial charge in [-0.2, -0.15) is 10.0 Å². The summed E-state index contributed by atoms with van der Waals surface area (Å²) in [6.07, 6.45) is 1.64. The summed E-state index contributed by atoms with van der Waals surface area (Å²) in [5.74, 6) is 0.332. The highest BCUT2D eigenvalue weighted by Crippen LogP contribution is 2.33. The summed E-state index contributed by atoms with van der Waals surface area (Å²) in [6.45, 7) is 7.67. The summed E-state index contributed by atoms with van der Waals surface area (Å²) < 4.78 is 2.67. The van der Waals surface area contributed by atoms with Crippen LogP contribution in [0.15, 0.2) is 39.9 Å². The van der Waals surface area contributed by atoms with Crippen LogP contribution in [0.5, 0.6) is 0 Å². The molecule has 1 aromatic heterocycles. The third kappa shape index (κ3) is 3.78. The second-order valence-corrected chi connectivity index (χ2v) is 9.68. The fraction of sp³-hybridized carbons (Fsp3) is 0.238. The monoisotopic (exact) mass is 468 g/mol. The molecule has 3 heterocycles. The number of hydrogen-bond acceptors (Lipinski definition) is 7. The number of nitrogens with one attached hydrogen (secondary N) is 1. The quantitative estimate of drug-likeness (QED) is 0.397. The lowest BCUT2D eigenvalue weighted by atomic mass is 10.1. The van der Waals surface area contributed by atoms with Crippen LogP contribution in [0.25, 0.3) is 11.8 Å². The molecule has 1 N–H and O–H groups in total. The summed E-state index contributed by atoms with van der Waals surface area (Å²) in [4.78, 5) is 27.6. The number of carbonyl (C=O) groups excluding carboxylic acids is 1. The molecule has 4 rings (SSSR count). The van der Waals surface area contributed by atoms with E-state index in [0.29, 0.717) is 10.9 Å². The van der Waals surface area contributed by atoms with Crippen LogP contribution in [0.2, 0.25) is 0 Å². The Hall–Kier alpha value is -3.18. The van der Waals surface area contributed by atoms with E-state index in [4.69, 9.17) is 5.41 Å². The molecular formula is C21H20N6O3S2. The zero-order valence-corrected chi connectivity index (χ0v) is 19.5. The molecule has 32 heavy (non-hydrogen) atoms. The van der Waals surface area contributed by atoms with Gasteiger partial charge in [0.05, 0.1) is 16.2 Å². The number of non-ortho nitro benzene ring substituents is 1. The molecule has 0 atom stereocenters. The van der Waals surface area contributed by atoms with Crippen molar-refractivity contribution in [2.45, 2.75) is 27.7 Å². The molecule has 0 saturated heterocycles. The Morgan fingerprint density at radius 1 is 1.28 bits per heavy atom. The highest BCUT2D eigenvalue weighted by molar-refractivity contribution is 8.45. The van der Waals surface area contributed by atoms with Gasteiger partial charge in [0.25, 0.3) is 11.6 Å². The molecule has 0 fully saturated rings. The number of hydrogen-bond donors (Lipinski definition) is 1. The SMILES string of the molecule is CCSC1=NN2C(=N)/C(=C/c3cc(C)n(-c4cc([N+](=O)[O-])ccc4C)c3C)C(=O)N=C2S1. The Balaban J connectivity index is 1.76. The molecule has 1 amide bonds. The lowest BCUT2D eigenvalue weighted by Gasteiger charge is -2.20. The molecular weight excluding hydrogens is 448 g/mol. The van der Waals surface area contributed by atoms with Crippen LogP contribution in [0.1, 0.15) is 29.4 Å². The fourth-order valence-corrected chi connectivity index (χ4v) is 5.39. The van der Waals surface area contributed by atoms with E-state index >= 15 is 0 Å². The van der Waals surface area contributed by atoms with Crippen molar-refractivity contribution in [2.75, 3.05) is 5.75 Å². The first-order valence-electron chi connectivity index (χ1n) is 9.78. The van der Waals surface area contributed by atoms with Crippen molar-refractivity contribution in [1.82, 2.24) is 9.58 Å². The number of benzene rings is 1. The van der Waals surface area contributed by atoms with Gasteiger partial charge in [0.2, 0.25) is 5.17 Å². The van der Waals surface area contributed by atoms with E-state index in [1.807, 2.05) is 38.3 Å². The standard InChI is InChI=1S/C21H20N6O3S2/c1-5-31-21-24-26-18(22)16(19(28)23-20(26)32-21)9-14-8-12(3)25(13(14)4)17-10-15(27(29)30)7-6-11(17)2/h6-10,22H,5H2,1-4H3/b16-9-,22-18?. The van der Waals surface area contributed by atoms with Crippen LogP contribution in [0.3, 0.4) is 0 Å². The summed E-state index contributed by atoms with van der Waals surface area (Å²) in [7, 11) is 0. The molecule has 2 aromatic rings. The number of amidine groups is 2. The molecule has 11 heteroatoms. The minimum absolute atomic E-state index is 0.00857. The summed E-state index contributed by atoms with van der Waals surface area (Å²) in [5, 5.41) is 26.0. The number of nitro benzene ring substituents is 1. The fourth-order valence-electron chi connectivity index (χ4n) is 3.57. The van der Waals surface area contributed by atoms with E-state index in [0.717, 1.165) is 32.6 Å². The first-order valence-corrected chi connectivity index (χ1v) is 11.6. The largest absolute Gasteiger partial charge is 0.317 e. The number of thioether (sulfide) groups is 2. The van der Waals surface area contributed by atoms with Gasteiger partial charge in [-0.15, -0.1) is 5.10 Å². The number of aliphatic imine (C=N–C) groups is 1. The summed E-state index contributed by atoms with van der Waals surface area (Å²) in [6, 6.07) is 6.63. The molecule has 164 valence electrons. The minimum Gasteiger partial charge on any atom is -0.317 e. The van der Waals surface area contributed by atoms with E-state index in [1.165, 1.54) is 34.6 Å². The Morgan fingerprint density at radius 3 is 2.72 bits per heavy atom. The Labute approximate surface area is 192 Å². The van der Waals surface area contributed by atoms with Gasteiger partial charge in [-0.05, 0) is 61.6 Å². The number of rotatable bonds is 4. The zero-order chi connectivity index (χ0) is 23.2. The van der Waals surface area contributed by atoms with Gasteiger partial charge >= 0.3 is 0 Å². The molecule has 1 aromatic carbocycles. The van der Waals surface area contributed by atoms with Crippen LogP contribution < -0.4 is 0 Å². The number of hydrazone groups is 1. The Morgan fingerprint density at radius 2 is 2.03 bits per heavy atom. The maximum absolute atomic E-state index is 12.7. The van der Waals surface area contributed by atoms with Gasteiger partial charge in [-0.3, -0.25) is 20.3 Å². The molecule has 2 aliphatic rings. The first kappa shape index (κ1) is 22.0. The molecule has 0 spiro atoms. The lowest BCUT2D eigenvalue weighted by molar-refractivity contribution is -0.384. The van der Waals surface area contributed by atoms with Gasteiger partial charge < -0.3 is 4.57 Å². The zero-order valence-electron chi connectivity index (χ0n) is 17.9. The van der Waals surface area contributed by atoms with Gasteiger partial charge in [-0.1, -0.05) is 24.8 Å². The predicted molar refractivity (Wildman–Crippen MR) is 130 cm³/mol. The molecule has 0 radical (unpaired) electrons. The van der Waals surface area contributed by atoms with Crippen LogP contribution in [0.4, 0.5) is 5.69 Å². The number of aromatic nitrogens is 1. The molecule has 0 bridgehead atoms. The van der Waals surface area contributed by atoms with Crippen LogP contribution >= 0.6 is 23.5 Å². The minimum atomic E-state index is -0.483. The van der Waals surface area contributed by atoms with Gasteiger partial charge in [0.1, 0.15) is 0 Å². The summed E-state index contributed by atoms with van der Waals surface area (Å²) in [5.41, 5.74) is 4.14. The van der Waals surface area contributed by atoms with Crippen LogP contribution in [0, 0.1) is 36.3 Å². The first-order chi connectivity index (χ1) is 15.2. The van der Waals surface area contributed by atoms with Crippen LogP contribution in [-0.2, 0) is 4.79 Å². The highest BCUT2D eigenvalue weighted by Gasteiger charge is 2.35. The van der Waals surface area contributed by atoms with Crippen molar-refractivity contribution in [3.05, 3.63) is 62.5 Å². The van der Waals surface area contributed by atoms with Crippen LogP contribution in [-0.4, -0.2) is 41.5 Å². The second kappa shape index (κ2) is 8.40. The second-order valence-electron chi connectivity index (χ2n) is 7.21. The maximum atomic E-state index is 12.7. The average molecular weight is 469 g/mol. The molecule has 2 aliphatic heterocycles. The predicted octanol–water partition coefficient (Wildman–Crippen LogP) is 4.64. The summed E-state index contributed by atoms with van der Waals surface area (Å²) >= 11 is 2.82. The molecule has 0 unspecified atom stereocenters. The van der Waals surface area contributed by atoms with Gasteiger partial charge in [-0.25, -0.2) is 0 Å². The van der Waals surface area contributed by atoms with E-state index in [1.54, 1.807) is 18.2 Å². The van der Waals surface area contributed by atoms with Crippen molar-refractivity contribution in [3.8, 4) is 5.69 Å². The van der Waals surface area contributed by atoms with Crippen molar-refractivity contribution in [1.29, 1.82) is 5.41 Å². The van der Waals surface area contributed by atoms with Crippen molar-refractivity contribution in [3.63, 3.8) is 0 Å². The van der Waals surface area contributed by atoms with Crippen molar-refractivity contribution < 1.29 is 9.72 Å². The van der Waals surface area contributed by atoms with E-state index in [9.17, 15) is 14.9 Å². The molecule has 9 nitrogen and oxygen atoms in total. The van der Waals surface area contributed by atoms with E-state index in [-0.39, 0.29) is 17.1 Å². The number of aryl methyl sites for hydroxylation is 2. The number of amides is 1. The number of nitro groups is 1. The molecule has 0 saturated carbocycles. The van der Waals surface area contributed by atoms with Gasteiger partial charge in [0.15, 0.2) is 10.2 Å². The number of carbonyl (C=O) groups is 1. The third-order valence-corrected chi connectivity index (χ3v) is 7.04. The molecule has 0 aliphatic carbocycles. The normalized spacial score (nSPS) is 17.0. The lowest BCUT2D eigenvalue weighted by Crippen LogP contribution is -2.35. The third-order valence-electron chi connectivity index (χ3n) is 5.12. The van der Waals surface area contributed by atoms with Crippen molar-refractivity contribution >= 4 is 56.6 Å². The highest BCUT2D eigenvalue weighted by atomic mass is 32.2. The van der Waals surface area contributed by atoms with Crippen molar-refractivity contribution in [2.24, 2.45) is 10.1 Å². The van der Waals surface area contributed by atoms with E-state index < -0.39 is 10.8 Å². The maximum Gasteiger partial charge on any atom is 0.283 e. The Kier molecular flexibility index (Phi) is 5.78. The number of nitrogens with zero attached hydrogens (tertiary/aromatic N) is 5. The number of fused-ring (bicyclic) bond motifs is 1. The Bertz CT molecular complexity index is 1270. The van der Waals surface area contributed by atoms with Gasteiger partial charge in [0, 0.05) is 23.5 Å².